The Balaban J connectivity index is 2.14. The van der Waals surface area contributed by atoms with Crippen molar-refractivity contribution in [3.8, 4) is 0 Å². The Morgan fingerprint density at radius 2 is 1.50 bits per heavy atom. The second-order valence-electron chi connectivity index (χ2n) is 4.22. The molecule has 2 aromatic carbocycles. The molecule has 0 aliphatic carbocycles. The summed E-state index contributed by atoms with van der Waals surface area (Å²) in [7, 11) is 0. The number of carbonyl (C=O) groups excluding carboxylic acids is 2. The van der Waals surface area contributed by atoms with Gasteiger partial charge in [0.1, 0.15) is 0 Å². The minimum absolute atomic E-state index is 0.0135. The summed E-state index contributed by atoms with van der Waals surface area (Å²) in [5, 5.41) is 2.53. The van der Waals surface area contributed by atoms with Crippen LogP contribution in [0, 0.1) is 11.6 Å². The fraction of sp³-hybridized carbons (Fsp3) is 0.0667. The lowest BCUT2D eigenvalue weighted by Gasteiger charge is -2.06. The lowest BCUT2D eigenvalue weighted by molar-refractivity contribution is 0.101. The monoisotopic (exact) mass is 275 g/mol. The largest absolute Gasteiger partial charge is 0.322 e. The van der Waals surface area contributed by atoms with Crippen molar-refractivity contribution >= 4 is 17.4 Å². The molecule has 102 valence electrons. The second kappa shape index (κ2) is 5.61. The van der Waals surface area contributed by atoms with Gasteiger partial charge in [0.15, 0.2) is 17.4 Å². The average Bonchev–Trinajstić information content (AvgIpc) is 2.42. The number of ketones is 1. The topological polar surface area (TPSA) is 46.2 Å². The highest BCUT2D eigenvalue weighted by Gasteiger charge is 2.10. The molecule has 0 aliphatic rings. The van der Waals surface area contributed by atoms with Gasteiger partial charge in [-0.3, -0.25) is 9.59 Å². The maximum absolute atomic E-state index is 13.0. The summed E-state index contributed by atoms with van der Waals surface area (Å²) in [5.74, 6) is -2.72. The molecule has 2 rings (SSSR count). The Hall–Kier alpha value is -2.56. The van der Waals surface area contributed by atoms with Crippen LogP contribution in [0.5, 0.6) is 0 Å². The highest BCUT2D eigenvalue weighted by atomic mass is 19.2. The number of nitrogens with one attached hydrogen (secondary N) is 1. The zero-order valence-corrected chi connectivity index (χ0v) is 10.6. The predicted octanol–water partition coefficient (Wildman–Crippen LogP) is 3.42. The Morgan fingerprint density at radius 1 is 0.900 bits per heavy atom. The molecule has 1 amide bonds. The summed E-state index contributed by atoms with van der Waals surface area (Å²) in [5.41, 5.74) is 1.00. The van der Waals surface area contributed by atoms with Crippen molar-refractivity contribution in [2.24, 2.45) is 0 Å². The number of carbonyl (C=O) groups is 2. The van der Waals surface area contributed by atoms with Gasteiger partial charge in [-0.15, -0.1) is 0 Å². The van der Waals surface area contributed by atoms with E-state index in [9.17, 15) is 18.4 Å². The van der Waals surface area contributed by atoms with Crippen LogP contribution in [0.2, 0.25) is 0 Å². The Labute approximate surface area is 114 Å². The molecule has 3 nitrogen and oxygen atoms in total. The van der Waals surface area contributed by atoms with Gasteiger partial charge < -0.3 is 5.32 Å². The number of halogens is 2. The van der Waals surface area contributed by atoms with Crippen LogP contribution in [0.3, 0.4) is 0 Å². The van der Waals surface area contributed by atoms with Crippen molar-refractivity contribution in [3.05, 3.63) is 65.2 Å². The number of Topliss-reactive ketones (excluding diaryl/α,β-unsaturated/α-hetero) is 1. The van der Waals surface area contributed by atoms with Gasteiger partial charge in [-0.1, -0.05) is 0 Å². The molecule has 20 heavy (non-hydrogen) atoms. The molecule has 0 aliphatic heterocycles. The summed E-state index contributed by atoms with van der Waals surface area (Å²) >= 11 is 0. The molecule has 0 unspecified atom stereocenters. The molecule has 0 fully saturated rings. The van der Waals surface area contributed by atoms with Crippen molar-refractivity contribution < 1.29 is 18.4 Å². The average molecular weight is 275 g/mol. The Kier molecular flexibility index (Phi) is 3.89. The summed E-state index contributed by atoms with van der Waals surface area (Å²) in [6.07, 6.45) is 0. The lowest BCUT2D eigenvalue weighted by atomic mass is 10.1. The van der Waals surface area contributed by atoms with E-state index in [4.69, 9.17) is 0 Å². The Bertz CT molecular complexity index is 666. The molecule has 0 spiro atoms. The van der Waals surface area contributed by atoms with Crippen molar-refractivity contribution in [1.29, 1.82) is 0 Å². The lowest BCUT2D eigenvalue weighted by Crippen LogP contribution is -2.12. The normalized spacial score (nSPS) is 10.2. The van der Waals surface area contributed by atoms with Crippen molar-refractivity contribution in [2.45, 2.75) is 6.92 Å². The third-order valence-corrected chi connectivity index (χ3v) is 2.73. The zero-order chi connectivity index (χ0) is 14.7. The quantitative estimate of drug-likeness (QED) is 0.872. The van der Waals surface area contributed by atoms with Crippen LogP contribution in [-0.4, -0.2) is 11.7 Å². The Morgan fingerprint density at radius 3 is 2.05 bits per heavy atom. The fourth-order valence-corrected chi connectivity index (χ4v) is 1.63. The third-order valence-electron chi connectivity index (χ3n) is 2.73. The van der Waals surface area contributed by atoms with E-state index in [0.717, 1.165) is 12.1 Å². The molecule has 0 saturated carbocycles. The van der Waals surface area contributed by atoms with Crippen molar-refractivity contribution in [3.63, 3.8) is 0 Å². The van der Waals surface area contributed by atoms with Gasteiger partial charge >= 0.3 is 0 Å². The van der Waals surface area contributed by atoms with Crippen LogP contribution >= 0.6 is 0 Å². The van der Waals surface area contributed by atoms with E-state index < -0.39 is 17.5 Å². The van der Waals surface area contributed by atoms with Crippen LogP contribution in [-0.2, 0) is 0 Å². The van der Waals surface area contributed by atoms with E-state index in [-0.39, 0.29) is 11.3 Å². The maximum atomic E-state index is 13.0. The maximum Gasteiger partial charge on any atom is 0.255 e. The summed E-state index contributed by atoms with van der Waals surface area (Å²) in [6, 6.07) is 9.19. The van der Waals surface area contributed by atoms with Crippen LogP contribution in [0.15, 0.2) is 42.5 Å². The van der Waals surface area contributed by atoms with E-state index in [0.29, 0.717) is 11.3 Å². The molecule has 0 saturated heterocycles. The molecular weight excluding hydrogens is 264 g/mol. The van der Waals surface area contributed by atoms with Gasteiger partial charge in [-0.05, 0) is 49.4 Å². The zero-order valence-electron chi connectivity index (χ0n) is 10.6. The number of hydrogen-bond donors (Lipinski definition) is 1. The van der Waals surface area contributed by atoms with Crippen molar-refractivity contribution in [1.82, 2.24) is 0 Å². The van der Waals surface area contributed by atoms with Crippen molar-refractivity contribution in [2.75, 3.05) is 5.32 Å². The highest BCUT2D eigenvalue weighted by molar-refractivity contribution is 6.04. The molecule has 0 atom stereocenters. The van der Waals surface area contributed by atoms with E-state index >= 15 is 0 Å². The SMILES string of the molecule is CC(=O)c1ccc(NC(=O)c2ccc(F)c(F)c2)cc1. The molecular formula is C15H11F2NO2. The van der Waals surface area contributed by atoms with E-state index in [1.165, 1.54) is 13.0 Å². The number of hydrogen-bond acceptors (Lipinski definition) is 2. The standard InChI is InChI=1S/C15H11F2NO2/c1-9(19)10-2-5-12(6-3-10)18-15(20)11-4-7-13(16)14(17)8-11/h2-8H,1H3,(H,18,20). The summed E-state index contributed by atoms with van der Waals surface area (Å²) < 4.78 is 25.8. The smallest absolute Gasteiger partial charge is 0.255 e. The van der Waals surface area contributed by atoms with Crippen LogP contribution in [0.1, 0.15) is 27.6 Å². The van der Waals surface area contributed by atoms with Crippen LogP contribution in [0.4, 0.5) is 14.5 Å². The van der Waals surface area contributed by atoms with E-state index in [1.54, 1.807) is 24.3 Å². The van der Waals surface area contributed by atoms with Gasteiger partial charge in [-0.25, -0.2) is 8.78 Å². The number of benzene rings is 2. The second-order valence-corrected chi connectivity index (χ2v) is 4.22. The van der Waals surface area contributed by atoms with Crippen LogP contribution < -0.4 is 5.32 Å². The third kappa shape index (κ3) is 3.06. The number of anilines is 1. The van der Waals surface area contributed by atoms with Gasteiger partial charge in [0.2, 0.25) is 0 Å². The van der Waals surface area contributed by atoms with Gasteiger partial charge in [0.05, 0.1) is 0 Å². The summed E-state index contributed by atoms with van der Waals surface area (Å²) in [6.45, 7) is 1.44. The minimum Gasteiger partial charge on any atom is -0.322 e. The summed E-state index contributed by atoms with van der Waals surface area (Å²) in [4.78, 5) is 22.9. The number of rotatable bonds is 3. The first kappa shape index (κ1) is 13.9. The fourth-order valence-electron chi connectivity index (χ4n) is 1.63. The minimum atomic E-state index is -1.08. The molecule has 0 bridgehead atoms. The van der Waals surface area contributed by atoms with Gasteiger partial charge in [-0.2, -0.15) is 0 Å². The molecule has 0 radical (unpaired) electrons. The first-order valence-corrected chi connectivity index (χ1v) is 5.85. The molecule has 0 heterocycles. The van der Waals surface area contributed by atoms with E-state index in [1.807, 2.05) is 0 Å². The van der Waals surface area contributed by atoms with Gasteiger partial charge in [0.25, 0.3) is 5.91 Å². The first-order valence-electron chi connectivity index (χ1n) is 5.85. The number of amides is 1. The molecule has 1 N–H and O–H groups in total. The predicted molar refractivity (Wildman–Crippen MR) is 70.8 cm³/mol. The van der Waals surface area contributed by atoms with Gasteiger partial charge in [0, 0.05) is 16.8 Å². The first-order chi connectivity index (χ1) is 9.47. The molecule has 2 aromatic rings. The van der Waals surface area contributed by atoms with Crippen LogP contribution in [0.25, 0.3) is 0 Å². The van der Waals surface area contributed by atoms with E-state index in [2.05, 4.69) is 5.32 Å². The molecule has 0 aromatic heterocycles. The highest BCUT2D eigenvalue weighted by Crippen LogP contribution is 2.13. The molecule has 5 heteroatoms.